The minimum absolute atomic E-state index is 0.518. The van der Waals surface area contributed by atoms with Crippen molar-refractivity contribution in [1.29, 1.82) is 0 Å². The summed E-state index contributed by atoms with van der Waals surface area (Å²) in [7, 11) is -1.02. The lowest BCUT2D eigenvalue weighted by Gasteiger charge is -2.03. The number of nitrogen functional groups attached to an aromatic ring is 1. The molecular weight excluding hydrogens is 270 g/mol. The first kappa shape index (κ1) is 12.9. The lowest BCUT2D eigenvalue weighted by molar-refractivity contribution is 0.681. The zero-order valence-electron chi connectivity index (χ0n) is 10.9. The van der Waals surface area contributed by atoms with Gasteiger partial charge in [0.15, 0.2) is 0 Å². The Kier molecular flexibility index (Phi) is 3.52. The largest absolute Gasteiger partial charge is 0.337 e. The lowest BCUT2D eigenvalue weighted by Crippen LogP contribution is -2.14. The van der Waals surface area contributed by atoms with Crippen molar-refractivity contribution >= 4 is 21.8 Å². The molecule has 1 heterocycles. The van der Waals surface area contributed by atoms with E-state index in [2.05, 4.69) is 4.98 Å². The van der Waals surface area contributed by atoms with Crippen molar-refractivity contribution in [2.45, 2.75) is 11.3 Å². The number of benzene rings is 2. The predicted octanol–water partition coefficient (Wildman–Crippen LogP) is 2.10. The summed E-state index contributed by atoms with van der Waals surface area (Å²) in [6, 6.07) is 17.2. The summed E-state index contributed by atoms with van der Waals surface area (Å²) < 4.78 is 13.8. The number of hydrogen-bond acceptors (Lipinski definition) is 3. The summed E-state index contributed by atoms with van der Waals surface area (Å²) in [6.45, 7) is 0. The van der Waals surface area contributed by atoms with E-state index >= 15 is 0 Å². The molecule has 4 nitrogen and oxygen atoms in total. The number of aromatic nitrogens is 2. The summed E-state index contributed by atoms with van der Waals surface area (Å²) in [5, 5.41) is 0. The molecule has 0 aliphatic carbocycles. The Bertz CT molecular complexity index is 752. The Morgan fingerprint density at radius 1 is 1.05 bits per heavy atom. The second-order valence-corrected chi connectivity index (χ2v) is 6.07. The minimum Gasteiger partial charge on any atom is -0.337 e. The number of imidazole rings is 1. The van der Waals surface area contributed by atoms with Crippen molar-refractivity contribution in [2.24, 2.45) is 0 Å². The van der Waals surface area contributed by atoms with Gasteiger partial charge in [0.1, 0.15) is 5.82 Å². The third kappa shape index (κ3) is 2.44. The molecule has 1 unspecified atom stereocenters. The van der Waals surface area contributed by atoms with Crippen LogP contribution < -0.4 is 5.84 Å². The first-order valence-electron chi connectivity index (χ1n) is 6.40. The Hall–Kier alpha value is -2.14. The molecule has 0 spiro atoms. The average molecular weight is 285 g/mol. The van der Waals surface area contributed by atoms with E-state index in [1.165, 1.54) is 0 Å². The molecular formula is C15H15N3OS. The van der Waals surface area contributed by atoms with Gasteiger partial charge >= 0.3 is 0 Å². The molecule has 3 rings (SSSR count). The summed E-state index contributed by atoms with van der Waals surface area (Å²) in [5.41, 5.74) is 1.77. The van der Waals surface area contributed by atoms with Crippen LogP contribution in [0, 0.1) is 0 Å². The highest BCUT2D eigenvalue weighted by atomic mass is 32.2. The fraction of sp³-hybridized carbons (Fsp3) is 0.133. The monoisotopic (exact) mass is 285 g/mol. The maximum absolute atomic E-state index is 12.2. The summed E-state index contributed by atoms with van der Waals surface area (Å²) >= 11 is 0. The normalized spacial score (nSPS) is 12.6. The van der Waals surface area contributed by atoms with Crippen LogP contribution >= 0.6 is 0 Å². The van der Waals surface area contributed by atoms with Crippen LogP contribution in [0.5, 0.6) is 0 Å². The average Bonchev–Trinajstić information content (AvgIpc) is 2.83. The Balaban J connectivity index is 1.77. The first-order valence-corrected chi connectivity index (χ1v) is 7.72. The number of aryl methyl sites for hydroxylation is 1. The van der Waals surface area contributed by atoms with Gasteiger partial charge in [-0.05, 0) is 24.3 Å². The van der Waals surface area contributed by atoms with E-state index in [0.717, 1.165) is 21.8 Å². The molecule has 0 aliphatic rings. The van der Waals surface area contributed by atoms with Gasteiger partial charge in [0.2, 0.25) is 0 Å². The molecule has 0 amide bonds. The molecule has 0 saturated heterocycles. The number of hydrogen-bond donors (Lipinski definition) is 1. The molecule has 5 heteroatoms. The number of nitrogens with zero attached hydrogens (tertiary/aromatic N) is 2. The standard InChI is InChI=1S/C15H15N3OS/c16-18-14-9-5-4-8-13(14)17-15(18)10-11-20(19)12-6-2-1-3-7-12/h1-9H,10-11,16H2. The summed E-state index contributed by atoms with van der Waals surface area (Å²) in [5.74, 6) is 7.30. The van der Waals surface area contributed by atoms with Crippen molar-refractivity contribution < 1.29 is 4.21 Å². The van der Waals surface area contributed by atoms with Gasteiger partial charge < -0.3 is 5.84 Å². The van der Waals surface area contributed by atoms with E-state index < -0.39 is 10.8 Å². The van der Waals surface area contributed by atoms with Crippen LogP contribution in [0.3, 0.4) is 0 Å². The number of fused-ring (bicyclic) bond motifs is 1. The number of nitrogens with two attached hydrogens (primary N) is 1. The van der Waals surface area contributed by atoms with Gasteiger partial charge in [0.25, 0.3) is 0 Å². The van der Waals surface area contributed by atoms with Gasteiger partial charge in [-0.2, -0.15) is 0 Å². The van der Waals surface area contributed by atoms with Crippen molar-refractivity contribution in [3.05, 3.63) is 60.4 Å². The second-order valence-electron chi connectivity index (χ2n) is 4.50. The highest BCUT2D eigenvalue weighted by molar-refractivity contribution is 7.85. The molecule has 0 aliphatic heterocycles. The van der Waals surface area contributed by atoms with Crippen LogP contribution in [-0.4, -0.2) is 19.6 Å². The quantitative estimate of drug-likeness (QED) is 0.747. The summed E-state index contributed by atoms with van der Waals surface area (Å²) in [6.07, 6.45) is 0.590. The third-order valence-electron chi connectivity index (χ3n) is 3.19. The van der Waals surface area contributed by atoms with Gasteiger partial charge in [-0.1, -0.05) is 30.3 Å². The van der Waals surface area contributed by atoms with E-state index in [1.807, 2.05) is 54.6 Å². The number of para-hydroxylation sites is 2. The molecule has 2 aromatic carbocycles. The topological polar surface area (TPSA) is 60.9 Å². The van der Waals surface area contributed by atoms with Crippen molar-refractivity contribution in [3.63, 3.8) is 0 Å². The van der Waals surface area contributed by atoms with E-state index in [4.69, 9.17) is 5.84 Å². The SMILES string of the molecule is Nn1c(CCS(=O)c2ccccc2)nc2ccccc21. The van der Waals surface area contributed by atoms with Crippen LogP contribution in [0.25, 0.3) is 11.0 Å². The van der Waals surface area contributed by atoms with Crippen LogP contribution in [0.2, 0.25) is 0 Å². The highest BCUT2D eigenvalue weighted by Gasteiger charge is 2.10. The first-order chi connectivity index (χ1) is 9.75. The Labute approximate surface area is 119 Å². The van der Waals surface area contributed by atoms with Gasteiger partial charge in [-0.3, -0.25) is 4.21 Å². The van der Waals surface area contributed by atoms with Crippen molar-refractivity contribution in [2.75, 3.05) is 11.6 Å². The van der Waals surface area contributed by atoms with E-state index in [0.29, 0.717) is 12.2 Å². The maximum atomic E-state index is 12.2. The zero-order valence-corrected chi connectivity index (χ0v) is 11.7. The van der Waals surface area contributed by atoms with Crippen molar-refractivity contribution in [3.8, 4) is 0 Å². The highest BCUT2D eigenvalue weighted by Crippen LogP contribution is 2.14. The lowest BCUT2D eigenvalue weighted by atomic mass is 10.3. The second kappa shape index (κ2) is 5.46. The zero-order chi connectivity index (χ0) is 13.9. The number of rotatable bonds is 4. The molecule has 1 aromatic heterocycles. The fourth-order valence-corrected chi connectivity index (χ4v) is 3.21. The minimum atomic E-state index is -1.02. The van der Waals surface area contributed by atoms with Gasteiger partial charge in [-0.15, -0.1) is 0 Å². The van der Waals surface area contributed by atoms with Crippen LogP contribution in [-0.2, 0) is 17.2 Å². The third-order valence-corrected chi connectivity index (χ3v) is 4.56. The Morgan fingerprint density at radius 2 is 1.75 bits per heavy atom. The van der Waals surface area contributed by atoms with Gasteiger partial charge in [0, 0.05) is 17.1 Å². The molecule has 20 heavy (non-hydrogen) atoms. The summed E-state index contributed by atoms with van der Waals surface area (Å²) in [4.78, 5) is 5.32. The molecule has 2 N–H and O–H groups in total. The molecule has 0 saturated carbocycles. The van der Waals surface area contributed by atoms with Crippen molar-refractivity contribution in [1.82, 2.24) is 9.66 Å². The molecule has 0 radical (unpaired) electrons. The molecule has 0 bridgehead atoms. The van der Waals surface area contributed by atoms with Gasteiger partial charge in [-0.25, -0.2) is 9.66 Å². The predicted molar refractivity (Wildman–Crippen MR) is 81.3 cm³/mol. The molecule has 1 atom stereocenters. The molecule has 3 aromatic rings. The van der Waals surface area contributed by atoms with Gasteiger partial charge in [0.05, 0.1) is 21.8 Å². The van der Waals surface area contributed by atoms with E-state index in [-0.39, 0.29) is 0 Å². The Morgan fingerprint density at radius 3 is 2.50 bits per heavy atom. The van der Waals surface area contributed by atoms with Crippen LogP contribution in [0.1, 0.15) is 5.82 Å². The van der Waals surface area contributed by atoms with Crippen LogP contribution in [0.4, 0.5) is 0 Å². The van der Waals surface area contributed by atoms with E-state index in [1.54, 1.807) is 4.68 Å². The maximum Gasteiger partial charge on any atom is 0.129 e. The smallest absolute Gasteiger partial charge is 0.129 e. The molecule has 102 valence electrons. The molecule has 0 fully saturated rings. The fourth-order valence-electron chi connectivity index (χ4n) is 2.14. The van der Waals surface area contributed by atoms with E-state index in [9.17, 15) is 4.21 Å². The van der Waals surface area contributed by atoms with Crippen LogP contribution in [0.15, 0.2) is 59.5 Å².